The Bertz CT molecular complexity index is 572. The van der Waals surface area contributed by atoms with E-state index in [0.29, 0.717) is 5.56 Å². The quantitative estimate of drug-likeness (QED) is 0.784. The molecule has 1 amide bonds. The fourth-order valence-corrected chi connectivity index (χ4v) is 1.84. The first-order chi connectivity index (χ1) is 10.6. The zero-order valence-corrected chi connectivity index (χ0v) is 13.9. The van der Waals surface area contributed by atoms with Gasteiger partial charge in [0, 0.05) is 12.0 Å². The highest BCUT2D eigenvalue weighted by molar-refractivity contribution is 5.96. The molecule has 6 heteroatoms. The molecule has 0 aliphatic carbocycles. The number of carbonyl (C=O) groups excluding carboxylic acids is 2. The molecule has 6 nitrogen and oxygen atoms in total. The number of aliphatic carboxylic acids is 1. The van der Waals surface area contributed by atoms with Gasteiger partial charge < -0.3 is 15.2 Å². The molecular weight excluding hydrogens is 298 g/mol. The molecule has 1 aromatic carbocycles. The summed E-state index contributed by atoms with van der Waals surface area (Å²) in [6, 6.07) is 5.87. The van der Waals surface area contributed by atoms with Gasteiger partial charge in [0.25, 0.3) is 5.91 Å². The van der Waals surface area contributed by atoms with Crippen molar-refractivity contribution in [2.24, 2.45) is 0 Å². The summed E-state index contributed by atoms with van der Waals surface area (Å²) in [4.78, 5) is 35.1. The summed E-state index contributed by atoms with van der Waals surface area (Å²) in [5.74, 6) is -2.12. The van der Waals surface area contributed by atoms with Gasteiger partial charge in [0.15, 0.2) is 0 Å². The number of carboxylic acids is 1. The second-order valence-electron chi connectivity index (χ2n) is 6.36. The third-order valence-electron chi connectivity index (χ3n) is 2.96. The van der Waals surface area contributed by atoms with E-state index in [1.54, 1.807) is 45.0 Å². The predicted octanol–water partition coefficient (Wildman–Crippen LogP) is 2.30. The molecule has 0 aliphatic heterocycles. The van der Waals surface area contributed by atoms with Gasteiger partial charge in [-0.2, -0.15) is 0 Å². The molecule has 2 N–H and O–H groups in total. The van der Waals surface area contributed by atoms with Crippen molar-refractivity contribution in [1.82, 2.24) is 5.32 Å². The molecule has 0 heterocycles. The number of carbonyl (C=O) groups is 3. The van der Waals surface area contributed by atoms with Crippen molar-refractivity contribution in [2.75, 3.05) is 0 Å². The highest BCUT2D eigenvalue weighted by Crippen LogP contribution is 2.12. The number of rotatable bonds is 6. The van der Waals surface area contributed by atoms with Gasteiger partial charge in [0.05, 0.1) is 0 Å². The highest BCUT2D eigenvalue weighted by Gasteiger charge is 2.27. The molecule has 23 heavy (non-hydrogen) atoms. The van der Waals surface area contributed by atoms with Crippen molar-refractivity contribution < 1.29 is 24.2 Å². The third-order valence-corrected chi connectivity index (χ3v) is 2.96. The van der Waals surface area contributed by atoms with Crippen LogP contribution in [0, 0.1) is 6.92 Å². The van der Waals surface area contributed by atoms with Crippen LogP contribution in [0.3, 0.4) is 0 Å². The molecule has 0 aliphatic rings. The number of aryl methyl sites for hydroxylation is 1. The van der Waals surface area contributed by atoms with Gasteiger partial charge in [-0.3, -0.25) is 9.59 Å². The van der Waals surface area contributed by atoms with E-state index in [0.717, 1.165) is 5.56 Å². The molecular formula is C17H23NO5. The van der Waals surface area contributed by atoms with Crippen LogP contribution in [0.5, 0.6) is 0 Å². The van der Waals surface area contributed by atoms with Crippen LogP contribution in [-0.4, -0.2) is 34.6 Å². The van der Waals surface area contributed by atoms with E-state index in [1.807, 2.05) is 6.92 Å². The standard InChI is InChI=1S/C17H23NO5/c1-11-5-7-12(8-6-11)15(21)18-13(9-10-14(19)20)16(22)23-17(2,3)4/h5-8,13H,9-10H2,1-4H3,(H,18,21)(H,19,20)/t13-/m1/s1. The summed E-state index contributed by atoms with van der Waals surface area (Å²) < 4.78 is 5.24. The normalized spacial score (nSPS) is 12.3. The predicted molar refractivity (Wildman–Crippen MR) is 85.1 cm³/mol. The van der Waals surface area contributed by atoms with Gasteiger partial charge in [-0.15, -0.1) is 0 Å². The smallest absolute Gasteiger partial charge is 0.329 e. The summed E-state index contributed by atoms with van der Waals surface area (Å²) in [5.41, 5.74) is 0.697. The Morgan fingerprint density at radius 3 is 2.22 bits per heavy atom. The fraction of sp³-hybridized carbons (Fsp3) is 0.471. The van der Waals surface area contributed by atoms with Gasteiger partial charge in [0.1, 0.15) is 11.6 Å². The van der Waals surface area contributed by atoms with Crippen LogP contribution < -0.4 is 5.32 Å². The first kappa shape index (κ1) is 18.7. The fourth-order valence-electron chi connectivity index (χ4n) is 1.84. The lowest BCUT2D eigenvalue weighted by Crippen LogP contribution is -2.44. The zero-order chi connectivity index (χ0) is 17.6. The lowest BCUT2D eigenvalue weighted by molar-refractivity contribution is -0.157. The molecule has 0 aromatic heterocycles. The summed E-state index contributed by atoms with van der Waals surface area (Å²) in [6.45, 7) is 7.03. The maximum Gasteiger partial charge on any atom is 0.329 e. The largest absolute Gasteiger partial charge is 0.481 e. The van der Waals surface area contributed by atoms with E-state index in [4.69, 9.17) is 9.84 Å². The molecule has 0 fully saturated rings. The Balaban J connectivity index is 2.82. The number of ether oxygens (including phenoxy) is 1. The van der Waals surface area contributed by atoms with E-state index in [9.17, 15) is 14.4 Å². The van der Waals surface area contributed by atoms with Gasteiger partial charge in [0.2, 0.25) is 0 Å². The summed E-state index contributed by atoms with van der Waals surface area (Å²) in [5, 5.41) is 11.3. The molecule has 1 atom stereocenters. The number of benzene rings is 1. The molecule has 0 saturated carbocycles. The molecule has 126 valence electrons. The van der Waals surface area contributed by atoms with Crippen LogP contribution in [0.15, 0.2) is 24.3 Å². The van der Waals surface area contributed by atoms with Gasteiger partial charge in [-0.1, -0.05) is 17.7 Å². The first-order valence-electron chi connectivity index (χ1n) is 7.40. The van der Waals surface area contributed by atoms with Crippen LogP contribution in [0.4, 0.5) is 0 Å². The lowest BCUT2D eigenvalue weighted by Gasteiger charge is -2.24. The molecule has 1 aromatic rings. The highest BCUT2D eigenvalue weighted by atomic mass is 16.6. The lowest BCUT2D eigenvalue weighted by atomic mass is 10.1. The number of hydrogen-bond acceptors (Lipinski definition) is 4. The molecule has 0 radical (unpaired) electrons. The minimum absolute atomic E-state index is 0.0259. The number of hydrogen-bond donors (Lipinski definition) is 2. The Morgan fingerprint density at radius 1 is 1.17 bits per heavy atom. The molecule has 1 rings (SSSR count). The number of carboxylic acid groups (broad SMARTS) is 1. The van der Waals surface area contributed by atoms with E-state index < -0.39 is 29.5 Å². The van der Waals surface area contributed by atoms with Crippen molar-refractivity contribution in [2.45, 2.75) is 52.2 Å². The Kier molecular flexibility index (Phi) is 6.30. The molecule has 0 spiro atoms. The Hall–Kier alpha value is -2.37. The molecule has 0 unspecified atom stereocenters. The minimum atomic E-state index is -1.04. The van der Waals surface area contributed by atoms with Crippen LogP contribution in [0.1, 0.15) is 49.5 Å². The summed E-state index contributed by atoms with van der Waals surface area (Å²) in [7, 11) is 0. The van der Waals surface area contributed by atoms with Crippen LogP contribution in [-0.2, 0) is 14.3 Å². The molecule has 0 saturated heterocycles. The molecule has 0 bridgehead atoms. The van der Waals surface area contributed by atoms with Crippen LogP contribution in [0.25, 0.3) is 0 Å². The van der Waals surface area contributed by atoms with Crippen molar-refractivity contribution in [3.8, 4) is 0 Å². The van der Waals surface area contributed by atoms with Gasteiger partial charge in [-0.05, 0) is 46.2 Å². The second-order valence-corrected chi connectivity index (χ2v) is 6.36. The number of esters is 1. The van der Waals surface area contributed by atoms with Crippen molar-refractivity contribution in [3.63, 3.8) is 0 Å². The van der Waals surface area contributed by atoms with E-state index in [2.05, 4.69) is 5.32 Å². The Morgan fingerprint density at radius 2 is 1.74 bits per heavy atom. The maximum atomic E-state index is 12.2. The van der Waals surface area contributed by atoms with E-state index in [1.165, 1.54) is 0 Å². The monoisotopic (exact) mass is 321 g/mol. The van der Waals surface area contributed by atoms with Crippen molar-refractivity contribution in [3.05, 3.63) is 35.4 Å². The van der Waals surface area contributed by atoms with Crippen molar-refractivity contribution in [1.29, 1.82) is 0 Å². The van der Waals surface area contributed by atoms with Crippen LogP contribution >= 0.6 is 0 Å². The first-order valence-corrected chi connectivity index (χ1v) is 7.40. The second kappa shape index (κ2) is 7.76. The Labute approximate surface area is 135 Å². The van der Waals surface area contributed by atoms with Gasteiger partial charge in [-0.25, -0.2) is 4.79 Å². The SMILES string of the molecule is Cc1ccc(C(=O)N[C@H](CCC(=O)O)C(=O)OC(C)(C)C)cc1. The third kappa shape index (κ3) is 6.95. The van der Waals surface area contributed by atoms with Crippen molar-refractivity contribution >= 4 is 17.8 Å². The van der Waals surface area contributed by atoms with Gasteiger partial charge >= 0.3 is 11.9 Å². The number of nitrogens with one attached hydrogen (secondary N) is 1. The number of amides is 1. The topological polar surface area (TPSA) is 92.7 Å². The van der Waals surface area contributed by atoms with Crippen LogP contribution in [0.2, 0.25) is 0 Å². The zero-order valence-electron chi connectivity index (χ0n) is 13.9. The van der Waals surface area contributed by atoms with E-state index >= 15 is 0 Å². The van der Waals surface area contributed by atoms with E-state index in [-0.39, 0.29) is 12.8 Å². The minimum Gasteiger partial charge on any atom is -0.481 e. The average molecular weight is 321 g/mol. The summed E-state index contributed by atoms with van der Waals surface area (Å²) >= 11 is 0. The summed E-state index contributed by atoms with van der Waals surface area (Å²) in [6.07, 6.45) is -0.264. The average Bonchev–Trinajstić information content (AvgIpc) is 2.41. The maximum absolute atomic E-state index is 12.2.